The van der Waals surface area contributed by atoms with Crippen molar-refractivity contribution in [1.29, 1.82) is 0 Å². The number of rotatable bonds is 22. The minimum atomic E-state index is -0.348. The number of hydrogen-bond acceptors (Lipinski definition) is 4. The third-order valence-electron chi connectivity index (χ3n) is 5.66. The zero-order chi connectivity index (χ0) is 22.3. The molecule has 0 aromatic rings. The predicted octanol–water partition coefficient (Wildman–Crippen LogP) is 7.77. The third-order valence-corrected chi connectivity index (χ3v) is 5.66. The fraction of sp³-hybridized carbons (Fsp3) is 0.923. The zero-order valence-electron chi connectivity index (χ0n) is 20.4. The van der Waals surface area contributed by atoms with Crippen molar-refractivity contribution in [2.24, 2.45) is 5.92 Å². The van der Waals surface area contributed by atoms with Gasteiger partial charge in [-0.2, -0.15) is 0 Å². The highest BCUT2D eigenvalue weighted by molar-refractivity contribution is 5.79. The molecular weight excluding hydrogens is 376 g/mol. The second-order valence-electron chi connectivity index (χ2n) is 8.67. The predicted molar refractivity (Wildman–Crippen MR) is 126 cm³/mol. The van der Waals surface area contributed by atoms with Crippen molar-refractivity contribution < 1.29 is 19.1 Å². The second kappa shape index (κ2) is 22.6. The lowest BCUT2D eigenvalue weighted by atomic mass is 9.97. The zero-order valence-corrected chi connectivity index (χ0v) is 20.4. The average molecular weight is 427 g/mol. The summed E-state index contributed by atoms with van der Waals surface area (Å²) >= 11 is 0. The van der Waals surface area contributed by atoms with E-state index in [0.29, 0.717) is 13.2 Å². The van der Waals surface area contributed by atoms with Crippen molar-refractivity contribution in [1.82, 2.24) is 0 Å². The first-order valence-electron chi connectivity index (χ1n) is 13.0. The van der Waals surface area contributed by atoms with E-state index in [9.17, 15) is 9.59 Å². The van der Waals surface area contributed by atoms with Crippen LogP contribution in [0.5, 0.6) is 0 Å². The minimum absolute atomic E-state index is 0.163. The summed E-state index contributed by atoms with van der Waals surface area (Å²) < 4.78 is 10.8. The Hall–Kier alpha value is -1.06. The Morgan fingerprint density at radius 3 is 1.53 bits per heavy atom. The Morgan fingerprint density at radius 1 is 0.567 bits per heavy atom. The summed E-state index contributed by atoms with van der Waals surface area (Å²) in [6, 6.07) is 0. The van der Waals surface area contributed by atoms with Crippen LogP contribution in [0.3, 0.4) is 0 Å². The van der Waals surface area contributed by atoms with Gasteiger partial charge in [-0.05, 0) is 19.3 Å². The summed E-state index contributed by atoms with van der Waals surface area (Å²) in [6.07, 6.45) is 19.7. The highest BCUT2D eigenvalue weighted by Crippen LogP contribution is 2.19. The molecule has 0 saturated heterocycles. The smallest absolute Gasteiger partial charge is 0.309 e. The molecule has 0 bridgehead atoms. The normalized spacial score (nSPS) is 12.0. The molecule has 0 aliphatic carbocycles. The van der Waals surface area contributed by atoms with Crippen LogP contribution in [0.2, 0.25) is 0 Å². The van der Waals surface area contributed by atoms with Crippen LogP contribution in [0.4, 0.5) is 0 Å². The first-order valence-corrected chi connectivity index (χ1v) is 13.0. The van der Waals surface area contributed by atoms with E-state index in [1.165, 1.54) is 51.4 Å². The van der Waals surface area contributed by atoms with Gasteiger partial charge in [-0.3, -0.25) is 9.59 Å². The summed E-state index contributed by atoms with van der Waals surface area (Å²) in [5.41, 5.74) is 0. The van der Waals surface area contributed by atoms with Gasteiger partial charge < -0.3 is 9.47 Å². The van der Waals surface area contributed by atoms with Crippen LogP contribution in [0.1, 0.15) is 136 Å². The molecule has 0 heterocycles. The van der Waals surface area contributed by atoms with Crippen molar-refractivity contribution in [3.63, 3.8) is 0 Å². The maximum atomic E-state index is 12.5. The molecule has 1 unspecified atom stereocenters. The van der Waals surface area contributed by atoms with Gasteiger partial charge in [-0.25, -0.2) is 0 Å². The van der Waals surface area contributed by atoms with E-state index in [2.05, 4.69) is 20.8 Å². The number of carbonyl (C=O) groups is 2. The second-order valence-corrected chi connectivity index (χ2v) is 8.67. The van der Waals surface area contributed by atoms with Gasteiger partial charge in [0.2, 0.25) is 0 Å². The highest BCUT2D eigenvalue weighted by Gasteiger charge is 2.23. The Labute approximate surface area is 186 Å². The third kappa shape index (κ3) is 18.9. The molecule has 0 N–H and O–H groups in total. The van der Waals surface area contributed by atoms with E-state index < -0.39 is 0 Å². The van der Waals surface area contributed by atoms with E-state index in [-0.39, 0.29) is 24.3 Å². The standard InChI is InChI=1S/C26H50O4/c1-4-7-10-11-12-13-14-15-16-17-20-24(26(28)30-22-19-9-6-3)23-25(27)29-21-18-8-5-2/h24H,4-23H2,1-3H3. The molecule has 178 valence electrons. The molecule has 0 saturated carbocycles. The molecule has 4 heteroatoms. The molecule has 0 aliphatic heterocycles. The van der Waals surface area contributed by atoms with Crippen molar-refractivity contribution in [2.75, 3.05) is 13.2 Å². The van der Waals surface area contributed by atoms with Crippen LogP contribution in [0, 0.1) is 5.92 Å². The molecule has 0 aliphatic rings. The summed E-state index contributed by atoms with van der Waals surface area (Å²) in [6.45, 7) is 7.43. The van der Waals surface area contributed by atoms with Crippen LogP contribution in [-0.2, 0) is 19.1 Å². The summed E-state index contributed by atoms with van der Waals surface area (Å²) in [5, 5.41) is 0. The van der Waals surface area contributed by atoms with Gasteiger partial charge >= 0.3 is 11.9 Å². The number of carbonyl (C=O) groups excluding carboxylic acids is 2. The highest BCUT2D eigenvalue weighted by atomic mass is 16.5. The van der Waals surface area contributed by atoms with Crippen LogP contribution < -0.4 is 0 Å². The van der Waals surface area contributed by atoms with Gasteiger partial charge in [0.25, 0.3) is 0 Å². The molecule has 1 atom stereocenters. The van der Waals surface area contributed by atoms with Crippen LogP contribution in [0.15, 0.2) is 0 Å². The number of unbranched alkanes of at least 4 members (excludes halogenated alkanes) is 13. The SMILES string of the molecule is CCCCCCCCCCCCC(CC(=O)OCCCCC)C(=O)OCCCCC. The summed E-state index contributed by atoms with van der Waals surface area (Å²) in [7, 11) is 0. The first kappa shape index (κ1) is 28.9. The van der Waals surface area contributed by atoms with Gasteiger partial charge in [0.1, 0.15) is 0 Å². The Kier molecular flexibility index (Phi) is 21.8. The first-order chi connectivity index (χ1) is 14.7. The lowest BCUT2D eigenvalue weighted by Crippen LogP contribution is -2.23. The van der Waals surface area contributed by atoms with E-state index in [1.807, 2.05) is 0 Å². The number of ether oxygens (including phenoxy) is 2. The monoisotopic (exact) mass is 426 g/mol. The number of esters is 2. The fourth-order valence-corrected chi connectivity index (χ4v) is 3.62. The van der Waals surface area contributed by atoms with Crippen LogP contribution in [0.25, 0.3) is 0 Å². The van der Waals surface area contributed by atoms with Crippen molar-refractivity contribution in [2.45, 2.75) is 136 Å². The molecule has 0 radical (unpaired) electrons. The van der Waals surface area contributed by atoms with E-state index in [4.69, 9.17) is 9.47 Å². The van der Waals surface area contributed by atoms with Gasteiger partial charge in [0, 0.05) is 0 Å². The van der Waals surface area contributed by atoms with Gasteiger partial charge in [-0.15, -0.1) is 0 Å². The fourth-order valence-electron chi connectivity index (χ4n) is 3.62. The van der Waals surface area contributed by atoms with Crippen LogP contribution >= 0.6 is 0 Å². The lowest BCUT2D eigenvalue weighted by molar-refractivity contribution is -0.155. The van der Waals surface area contributed by atoms with Crippen molar-refractivity contribution in [3.05, 3.63) is 0 Å². The molecule has 4 nitrogen and oxygen atoms in total. The molecule has 0 aromatic heterocycles. The van der Waals surface area contributed by atoms with Crippen LogP contribution in [-0.4, -0.2) is 25.2 Å². The van der Waals surface area contributed by atoms with Crippen molar-refractivity contribution in [3.8, 4) is 0 Å². The summed E-state index contributed by atoms with van der Waals surface area (Å²) in [5.74, 6) is -0.819. The molecule has 0 amide bonds. The van der Waals surface area contributed by atoms with Gasteiger partial charge in [0.05, 0.1) is 25.6 Å². The minimum Gasteiger partial charge on any atom is -0.466 e. The largest absolute Gasteiger partial charge is 0.466 e. The average Bonchev–Trinajstić information content (AvgIpc) is 2.74. The molecule has 30 heavy (non-hydrogen) atoms. The maximum absolute atomic E-state index is 12.5. The lowest BCUT2D eigenvalue weighted by Gasteiger charge is -2.16. The summed E-state index contributed by atoms with van der Waals surface area (Å²) in [4.78, 5) is 24.6. The Morgan fingerprint density at radius 2 is 1.00 bits per heavy atom. The molecule has 0 fully saturated rings. The van der Waals surface area contributed by atoms with E-state index in [1.54, 1.807) is 0 Å². The Bertz CT molecular complexity index is 394. The molecule has 0 rings (SSSR count). The maximum Gasteiger partial charge on any atom is 0.309 e. The van der Waals surface area contributed by atoms with Crippen molar-refractivity contribution >= 4 is 11.9 Å². The van der Waals surface area contributed by atoms with E-state index in [0.717, 1.165) is 57.8 Å². The van der Waals surface area contributed by atoms with E-state index >= 15 is 0 Å². The molecule has 0 spiro atoms. The Balaban J connectivity index is 4.12. The quantitative estimate of drug-likeness (QED) is 0.131. The topological polar surface area (TPSA) is 52.6 Å². The molecule has 0 aromatic carbocycles. The molecular formula is C26H50O4. The van der Waals surface area contributed by atoms with Gasteiger partial charge in [0.15, 0.2) is 0 Å². The van der Waals surface area contributed by atoms with Gasteiger partial charge in [-0.1, -0.05) is 111 Å². The number of hydrogen-bond donors (Lipinski definition) is 0.